The fourth-order valence-electron chi connectivity index (χ4n) is 0.596. The van der Waals surface area contributed by atoms with Crippen LogP contribution in [0.1, 0.15) is 12.6 Å². The quantitative estimate of drug-likeness (QED) is 0.713. The molecule has 0 fully saturated rings. The molecule has 0 aliphatic rings. The van der Waals surface area contributed by atoms with Crippen LogP contribution in [0.4, 0.5) is 0 Å². The molecule has 0 spiro atoms. The summed E-state index contributed by atoms with van der Waals surface area (Å²) in [6.07, 6.45) is 1.54. The Hall–Kier alpha value is -0.970. The molecule has 1 aromatic rings. The molecular weight excluding hydrogens is 176 g/mol. The Balaban J connectivity index is 2.58. The van der Waals surface area contributed by atoms with Crippen LogP contribution in [0.25, 0.3) is 0 Å². The lowest BCUT2D eigenvalue weighted by atomic mass is 10.5. The first kappa shape index (κ1) is 9.12. The molecule has 0 aromatic carbocycles. The van der Waals surface area contributed by atoms with Gasteiger partial charge in [0.15, 0.2) is 0 Å². The molecule has 66 valence electrons. The van der Waals surface area contributed by atoms with E-state index in [1.807, 2.05) is 6.92 Å². The highest BCUT2D eigenvalue weighted by atomic mass is 32.2. The summed E-state index contributed by atoms with van der Waals surface area (Å²) in [6.45, 7) is 3.54. The molecule has 2 N–H and O–H groups in total. The molecule has 1 heterocycles. The lowest BCUT2D eigenvalue weighted by Gasteiger charge is -2.00. The van der Waals surface area contributed by atoms with Crippen molar-refractivity contribution in [3.05, 3.63) is 12.0 Å². The number of nitrogens with zero attached hydrogens (tertiary/aromatic N) is 1. The third-order valence-corrected chi connectivity index (χ3v) is 2.25. The highest BCUT2D eigenvalue weighted by Gasteiger charge is 2.13. The Bertz CT molecular complexity index is 285. The number of rotatable bonds is 3. The minimum absolute atomic E-state index is 0.303. The van der Waals surface area contributed by atoms with Crippen LogP contribution in [0, 0.1) is 6.92 Å². The van der Waals surface area contributed by atoms with E-state index in [0.29, 0.717) is 5.22 Å². The Morgan fingerprint density at radius 3 is 2.92 bits per heavy atom. The molecule has 0 aliphatic carbocycles. The molecule has 0 radical (unpaired) electrons. The van der Waals surface area contributed by atoms with E-state index in [0.717, 1.165) is 5.69 Å². The molecular formula is C7H10N2O2S. The van der Waals surface area contributed by atoms with Crippen LogP contribution in [0.2, 0.25) is 0 Å². The van der Waals surface area contributed by atoms with E-state index < -0.39 is 0 Å². The normalized spacial score (nSPS) is 12.8. The summed E-state index contributed by atoms with van der Waals surface area (Å²) < 4.78 is 5.03. The molecule has 0 bridgehead atoms. The van der Waals surface area contributed by atoms with Crippen LogP contribution in [-0.4, -0.2) is 16.1 Å². The molecule has 1 amide bonds. The minimum atomic E-state index is -0.365. The summed E-state index contributed by atoms with van der Waals surface area (Å²) in [5.41, 5.74) is 5.86. The smallest absolute Gasteiger partial charge is 0.256 e. The summed E-state index contributed by atoms with van der Waals surface area (Å²) in [7, 11) is 0. The number of aryl methyl sites for hydroxylation is 1. The summed E-state index contributed by atoms with van der Waals surface area (Å²) in [5.74, 6) is -0.365. The van der Waals surface area contributed by atoms with Gasteiger partial charge in [-0.25, -0.2) is 4.98 Å². The van der Waals surface area contributed by atoms with Gasteiger partial charge in [0.1, 0.15) is 6.26 Å². The molecule has 1 atom stereocenters. The molecule has 4 nitrogen and oxygen atoms in total. The van der Waals surface area contributed by atoms with Gasteiger partial charge in [-0.1, -0.05) is 11.8 Å². The number of primary amides is 1. The number of carbonyl (C=O) groups is 1. The Morgan fingerprint density at radius 2 is 2.50 bits per heavy atom. The first-order chi connectivity index (χ1) is 5.59. The number of oxazole rings is 1. The highest BCUT2D eigenvalue weighted by molar-refractivity contribution is 8.00. The SMILES string of the molecule is Cc1coc(SC(C)C(N)=O)n1. The second-order valence-corrected chi connectivity index (χ2v) is 3.71. The zero-order valence-electron chi connectivity index (χ0n) is 6.90. The van der Waals surface area contributed by atoms with Crippen molar-refractivity contribution in [3.63, 3.8) is 0 Å². The average molecular weight is 186 g/mol. The van der Waals surface area contributed by atoms with Crippen molar-refractivity contribution in [1.82, 2.24) is 4.98 Å². The van der Waals surface area contributed by atoms with Crippen molar-refractivity contribution in [2.45, 2.75) is 24.3 Å². The van der Waals surface area contributed by atoms with Crippen LogP contribution in [0.5, 0.6) is 0 Å². The standard InChI is InChI=1S/C7H10N2O2S/c1-4-3-11-7(9-4)12-5(2)6(8)10/h3,5H,1-2H3,(H2,8,10). The van der Waals surface area contributed by atoms with Gasteiger partial charge in [0.05, 0.1) is 10.9 Å². The molecule has 12 heavy (non-hydrogen) atoms. The zero-order chi connectivity index (χ0) is 9.14. The van der Waals surface area contributed by atoms with Gasteiger partial charge >= 0.3 is 0 Å². The van der Waals surface area contributed by atoms with E-state index >= 15 is 0 Å². The van der Waals surface area contributed by atoms with Gasteiger partial charge in [-0.15, -0.1) is 0 Å². The number of carbonyl (C=O) groups excluding carboxylic acids is 1. The molecule has 5 heteroatoms. The molecule has 1 rings (SSSR count). The van der Waals surface area contributed by atoms with Crippen LogP contribution in [0.3, 0.4) is 0 Å². The van der Waals surface area contributed by atoms with E-state index in [2.05, 4.69) is 4.98 Å². The number of nitrogens with two attached hydrogens (primary N) is 1. The summed E-state index contributed by atoms with van der Waals surface area (Å²) in [5, 5.41) is 0.182. The summed E-state index contributed by atoms with van der Waals surface area (Å²) in [4.78, 5) is 14.7. The van der Waals surface area contributed by atoms with Crippen molar-refractivity contribution in [1.29, 1.82) is 0 Å². The Morgan fingerprint density at radius 1 is 1.83 bits per heavy atom. The van der Waals surface area contributed by atoms with E-state index in [9.17, 15) is 4.79 Å². The van der Waals surface area contributed by atoms with E-state index in [1.54, 1.807) is 6.92 Å². The van der Waals surface area contributed by atoms with Crippen molar-refractivity contribution in [3.8, 4) is 0 Å². The predicted molar refractivity (Wildman–Crippen MR) is 45.8 cm³/mol. The fourth-order valence-corrected chi connectivity index (χ4v) is 1.31. The van der Waals surface area contributed by atoms with Gasteiger partial charge < -0.3 is 10.2 Å². The summed E-state index contributed by atoms with van der Waals surface area (Å²) in [6, 6.07) is 0. The molecule has 1 aromatic heterocycles. The first-order valence-corrected chi connectivity index (χ1v) is 4.35. The number of hydrogen-bond acceptors (Lipinski definition) is 4. The van der Waals surface area contributed by atoms with Crippen molar-refractivity contribution in [2.24, 2.45) is 5.73 Å². The number of aromatic nitrogens is 1. The largest absolute Gasteiger partial charge is 0.440 e. The second-order valence-electron chi connectivity index (χ2n) is 2.42. The number of hydrogen-bond donors (Lipinski definition) is 1. The van der Waals surface area contributed by atoms with Gasteiger partial charge in [-0.2, -0.15) is 0 Å². The summed E-state index contributed by atoms with van der Waals surface area (Å²) >= 11 is 1.22. The lowest BCUT2D eigenvalue weighted by molar-refractivity contribution is -0.117. The van der Waals surface area contributed by atoms with Gasteiger partial charge in [-0.3, -0.25) is 4.79 Å². The molecule has 0 saturated heterocycles. The maximum atomic E-state index is 10.6. The van der Waals surface area contributed by atoms with Gasteiger partial charge in [-0.05, 0) is 13.8 Å². The van der Waals surface area contributed by atoms with Crippen LogP contribution >= 0.6 is 11.8 Å². The van der Waals surface area contributed by atoms with E-state index in [1.165, 1.54) is 18.0 Å². The van der Waals surface area contributed by atoms with Crippen LogP contribution < -0.4 is 5.73 Å². The topological polar surface area (TPSA) is 69.1 Å². The monoisotopic (exact) mass is 186 g/mol. The van der Waals surface area contributed by atoms with E-state index in [4.69, 9.17) is 10.2 Å². The number of amides is 1. The fraction of sp³-hybridized carbons (Fsp3) is 0.429. The minimum Gasteiger partial charge on any atom is -0.440 e. The Kier molecular flexibility index (Phi) is 2.75. The first-order valence-electron chi connectivity index (χ1n) is 3.47. The lowest BCUT2D eigenvalue weighted by Crippen LogP contribution is -2.22. The van der Waals surface area contributed by atoms with Crippen LogP contribution in [0.15, 0.2) is 15.9 Å². The van der Waals surface area contributed by atoms with Crippen LogP contribution in [-0.2, 0) is 4.79 Å². The highest BCUT2D eigenvalue weighted by Crippen LogP contribution is 2.21. The van der Waals surface area contributed by atoms with Gasteiger partial charge in [0, 0.05) is 0 Å². The molecule has 1 unspecified atom stereocenters. The molecule has 0 aliphatic heterocycles. The predicted octanol–water partition coefficient (Wildman–Crippen LogP) is 0.949. The van der Waals surface area contributed by atoms with Gasteiger partial charge in [0.2, 0.25) is 5.91 Å². The average Bonchev–Trinajstić information content (AvgIpc) is 2.35. The molecule has 0 saturated carbocycles. The van der Waals surface area contributed by atoms with E-state index in [-0.39, 0.29) is 11.2 Å². The Labute approximate surface area is 74.5 Å². The van der Waals surface area contributed by atoms with Gasteiger partial charge in [0.25, 0.3) is 5.22 Å². The third-order valence-electron chi connectivity index (χ3n) is 1.28. The maximum Gasteiger partial charge on any atom is 0.256 e. The maximum absolute atomic E-state index is 10.6. The third kappa shape index (κ3) is 2.27. The number of thioether (sulfide) groups is 1. The van der Waals surface area contributed by atoms with Crippen molar-refractivity contribution >= 4 is 17.7 Å². The second kappa shape index (κ2) is 3.62. The van der Waals surface area contributed by atoms with Crippen molar-refractivity contribution in [2.75, 3.05) is 0 Å². The van der Waals surface area contributed by atoms with Crippen molar-refractivity contribution < 1.29 is 9.21 Å². The zero-order valence-corrected chi connectivity index (χ0v) is 7.72.